The number of carbonyl (C=O) groups excluding carboxylic acids is 7. The number of aromatic hydroxyl groups is 2. The Morgan fingerprint density at radius 1 is 0.478 bits per heavy atom. The third kappa shape index (κ3) is 20.1. The number of fused-ring (bicyclic) bond motifs is 2. The normalized spacial score (nSPS) is 15.3. The van der Waals surface area contributed by atoms with Gasteiger partial charge in [-0.25, -0.2) is 9.59 Å². The first-order valence-electron chi connectivity index (χ1n) is 31.9. The zero-order chi connectivity index (χ0) is 64.8. The highest BCUT2D eigenvalue weighted by Gasteiger charge is 2.47. The lowest BCUT2D eigenvalue weighted by atomic mass is 9.68. The van der Waals surface area contributed by atoms with E-state index < -0.39 is 52.7 Å². The number of amides is 2. The molecule has 486 valence electrons. The third-order valence-corrected chi connectivity index (χ3v) is 16.2. The molecule has 1 aliphatic rings. The maximum atomic E-state index is 13.9. The van der Waals surface area contributed by atoms with Gasteiger partial charge in [0.15, 0.2) is 17.3 Å². The minimum atomic E-state index is -0.828. The fourth-order valence-corrected chi connectivity index (χ4v) is 11.2. The molecular weight excluding hydrogens is 1150 g/mol. The lowest BCUT2D eigenvalue weighted by Crippen LogP contribution is -2.48. The quantitative estimate of drug-likeness (QED) is 0.0108. The molecule has 22 nitrogen and oxygen atoms in total. The third-order valence-electron chi connectivity index (χ3n) is 16.2. The Morgan fingerprint density at radius 3 is 1.13 bits per heavy atom. The van der Waals surface area contributed by atoms with Gasteiger partial charge in [0.05, 0.1) is 17.8 Å². The van der Waals surface area contributed by atoms with E-state index >= 15 is 0 Å². The van der Waals surface area contributed by atoms with Crippen LogP contribution in [0.4, 0.5) is 9.59 Å². The Morgan fingerprint density at radius 2 is 0.800 bits per heavy atom. The first kappa shape index (κ1) is 69.2. The van der Waals surface area contributed by atoms with Crippen LogP contribution in [0, 0.1) is 17.8 Å². The summed E-state index contributed by atoms with van der Waals surface area (Å²) in [6.07, 6.45) is 9.37. The van der Waals surface area contributed by atoms with Crippen molar-refractivity contribution in [3.8, 4) is 22.9 Å². The molecule has 90 heavy (non-hydrogen) atoms. The van der Waals surface area contributed by atoms with Crippen molar-refractivity contribution in [1.82, 2.24) is 40.6 Å². The van der Waals surface area contributed by atoms with Crippen LogP contribution in [0.5, 0.6) is 11.5 Å². The predicted molar refractivity (Wildman–Crippen MR) is 340 cm³/mol. The van der Waals surface area contributed by atoms with Crippen LogP contribution in [0.2, 0.25) is 0 Å². The van der Waals surface area contributed by atoms with Crippen LogP contribution in [0.3, 0.4) is 0 Å². The molecule has 1 saturated carbocycles. The van der Waals surface area contributed by atoms with Crippen molar-refractivity contribution in [2.45, 2.75) is 174 Å². The van der Waals surface area contributed by atoms with Crippen LogP contribution in [0.25, 0.3) is 33.4 Å². The van der Waals surface area contributed by atoms with Crippen LogP contribution in [0.1, 0.15) is 173 Å². The molecule has 0 bridgehead atoms. The number of nitrogens with one attached hydrogen (secondary N) is 2. The van der Waals surface area contributed by atoms with Gasteiger partial charge in [0.25, 0.3) is 0 Å². The number of rotatable bonds is 34. The van der Waals surface area contributed by atoms with Gasteiger partial charge >= 0.3 is 24.1 Å². The van der Waals surface area contributed by atoms with E-state index in [1.807, 2.05) is 102 Å². The summed E-state index contributed by atoms with van der Waals surface area (Å²) in [5.41, 5.74) is 11.4. The minimum Gasteiger partial charge on any atom is -0.505 e. The summed E-state index contributed by atoms with van der Waals surface area (Å²) in [6.45, 7) is 12.7. The fourth-order valence-electron chi connectivity index (χ4n) is 11.2. The van der Waals surface area contributed by atoms with E-state index in [1.165, 1.54) is 9.59 Å². The largest absolute Gasteiger partial charge is 0.505 e. The van der Waals surface area contributed by atoms with Crippen molar-refractivity contribution >= 4 is 63.5 Å². The number of esters is 2. The number of carbonyl (C=O) groups is 7. The molecular formula is C68H91N9O13. The molecule has 7 rings (SSSR count). The number of alkyl carbamates (subject to hydrolysis) is 2. The van der Waals surface area contributed by atoms with Crippen molar-refractivity contribution in [3.63, 3.8) is 0 Å². The van der Waals surface area contributed by atoms with E-state index in [0.29, 0.717) is 128 Å². The highest BCUT2D eigenvalue weighted by molar-refractivity contribution is 6.23. The van der Waals surface area contributed by atoms with Gasteiger partial charge in [0.1, 0.15) is 71.4 Å². The molecule has 0 radical (unpaired) electrons. The highest BCUT2D eigenvalue weighted by Crippen LogP contribution is 2.39. The van der Waals surface area contributed by atoms with Gasteiger partial charge in [-0.15, -0.1) is 30.0 Å². The molecule has 6 aromatic rings. The van der Waals surface area contributed by atoms with Crippen LogP contribution in [-0.4, -0.2) is 128 Å². The average molecular weight is 1240 g/mol. The number of hydrogen-bond donors (Lipinski definition) is 5. The molecule has 4 aromatic carbocycles. The van der Waals surface area contributed by atoms with Crippen molar-refractivity contribution in [2.24, 2.45) is 23.5 Å². The molecule has 0 spiro atoms. The molecule has 2 amide bonds. The number of hydrogen-bond acceptors (Lipinski definition) is 18. The number of phenols is 2. The molecule has 1 fully saturated rings. The first-order chi connectivity index (χ1) is 43.1. The van der Waals surface area contributed by atoms with Gasteiger partial charge in [-0.05, 0) is 116 Å². The number of nitrogens with two attached hydrogens (primary N) is 1. The number of nitrogens with zero attached hydrogens (tertiary/aromatic N) is 6. The number of phenolic OH excluding ortho intramolecular Hbond substituents is 2. The summed E-state index contributed by atoms with van der Waals surface area (Å²) in [7, 11) is 0. The standard InChI is InChI=1S/C68H91N9O13/c1-67(2,3)50-41-45(43-56(63(50)83)76-72-52-26-16-17-27-53(52)73-76)30-32-58(78)87-37-39-89-65(85)70-35-21-11-8-14-24-48-60(80)47(23-13-7-10-20-34-69)61(81)49(62(48)82)25-15-9-12-22-36-71-66(86)90-40-38-88-59(79)33-31-46-42-51(68(4,5)6)64(84)57(44-46)77-74-54-28-18-19-29-55(54)75-77/h16-19,26-29,41-44,47-49,83-84H,7-15,20-25,30-40,69H2,1-6H3,(H,70,85)(H,71,86). The van der Waals surface area contributed by atoms with Gasteiger partial charge in [-0.3, -0.25) is 24.0 Å². The summed E-state index contributed by atoms with van der Waals surface area (Å²) < 4.78 is 21.1. The van der Waals surface area contributed by atoms with Crippen LogP contribution < -0.4 is 16.4 Å². The van der Waals surface area contributed by atoms with E-state index in [-0.39, 0.29) is 68.1 Å². The molecule has 0 aliphatic heterocycles. The van der Waals surface area contributed by atoms with Gasteiger partial charge in [-0.2, -0.15) is 0 Å². The summed E-state index contributed by atoms with van der Waals surface area (Å²) >= 11 is 0. The molecule has 22 heteroatoms. The average Bonchev–Trinajstić information content (AvgIpc) is 1.37. The van der Waals surface area contributed by atoms with Crippen molar-refractivity contribution < 1.29 is 62.7 Å². The Labute approximate surface area is 526 Å². The zero-order valence-corrected chi connectivity index (χ0v) is 53.2. The summed E-state index contributed by atoms with van der Waals surface area (Å²) in [6, 6.07) is 22.1. The van der Waals surface area contributed by atoms with E-state index in [1.54, 1.807) is 12.1 Å². The van der Waals surface area contributed by atoms with E-state index in [4.69, 9.17) is 24.7 Å². The monoisotopic (exact) mass is 1240 g/mol. The summed E-state index contributed by atoms with van der Waals surface area (Å²) in [5, 5.41) is 46.1. The molecule has 2 aromatic heterocycles. The Hall–Kier alpha value is -8.27. The molecule has 0 saturated heterocycles. The highest BCUT2D eigenvalue weighted by atomic mass is 16.6. The second-order valence-corrected chi connectivity index (χ2v) is 25.3. The Balaban J connectivity index is 0.743. The summed E-state index contributed by atoms with van der Waals surface area (Å²) in [4.78, 5) is 94.5. The number of benzene rings is 4. The summed E-state index contributed by atoms with van der Waals surface area (Å²) in [5.74, 6) is -4.07. The van der Waals surface area contributed by atoms with Crippen LogP contribution in [0.15, 0.2) is 72.8 Å². The van der Waals surface area contributed by atoms with E-state index in [2.05, 4.69) is 31.0 Å². The Kier molecular flexibility index (Phi) is 25.8. The topological polar surface area (TPSA) is 308 Å². The zero-order valence-electron chi connectivity index (χ0n) is 53.2. The smallest absolute Gasteiger partial charge is 0.407 e. The maximum Gasteiger partial charge on any atom is 0.407 e. The SMILES string of the molecule is CC(C)(C)c1cc(CCC(=O)OCCOC(=O)NCCCCCCC2C(=O)C(CCCCCCN)C(=O)C(CCCCCCNC(=O)OCCOC(=O)CCc3cc(-n4nc5ccccc5n4)c(O)c(C(C)(C)C)c3)C2=O)cc(-n2nc3ccccc3n2)c1O. The Bertz CT molecular complexity index is 3140. The first-order valence-corrected chi connectivity index (χ1v) is 31.9. The number of ether oxygens (including phenoxy) is 4. The lowest BCUT2D eigenvalue weighted by molar-refractivity contribution is -0.151. The van der Waals surface area contributed by atoms with Crippen molar-refractivity contribution in [3.05, 3.63) is 95.1 Å². The van der Waals surface area contributed by atoms with Crippen molar-refractivity contribution in [2.75, 3.05) is 46.1 Å². The molecule has 2 unspecified atom stereocenters. The molecule has 2 heterocycles. The fraction of sp³-hybridized carbons (Fsp3) is 0.544. The van der Waals surface area contributed by atoms with Gasteiger partial charge in [-0.1, -0.05) is 136 Å². The number of aromatic nitrogens is 6. The molecule has 2 atom stereocenters. The lowest BCUT2D eigenvalue weighted by Gasteiger charge is -2.32. The predicted octanol–water partition coefficient (Wildman–Crippen LogP) is 10.6. The number of ketones is 3. The van der Waals surface area contributed by atoms with Crippen LogP contribution in [-0.2, 0) is 66.6 Å². The number of unbranched alkanes of at least 4 members (excludes halogenated alkanes) is 9. The number of Topliss-reactive ketones (excluding diaryl/α,β-unsaturated/α-hetero) is 3. The second-order valence-electron chi connectivity index (χ2n) is 25.3. The van der Waals surface area contributed by atoms with Gasteiger partial charge in [0.2, 0.25) is 0 Å². The van der Waals surface area contributed by atoms with E-state index in [0.717, 1.165) is 56.1 Å². The van der Waals surface area contributed by atoms with Gasteiger partial charge in [0, 0.05) is 37.1 Å². The second kappa shape index (κ2) is 33.5. The number of aryl methyl sites for hydroxylation is 2. The van der Waals surface area contributed by atoms with Crippen LogP contribution >= 0.6 is 0 Å². The molecule has 1 aliphatic carbocycles. The molecule has 6 N–H and O–H groups in total. The minimum absolute atomic E-state index is 0.0587. The maximum absolute atomic E-state index is 13.9. The van der Waals surface area contributed by atoms with Gasteiger partial charge < -0.3 is 45.5 Å². The van der Waals surface area contributed by atoms with Crippen molar-refractivity contribution in [1.29, 1.82) is 0 Å². The van der Waals surface area contributed by atoms with E-state index in [9.17, 15) is 43.8 Å².